The summed E-state index contributed by atoms with van der Waals surface area (Å²) in [6, 6.07) is 0. The van der Waals surface area contributed by atoms with Gasteiger partial charge in [0.15, 0.2) is 0 Å². The van der Waals surface area contributed by atoms with Crippen molar-refractivity contribution in [1.82, 2.24) is 0 Å². The molecular formula is C8H15O2. The fraction of sp³-hybridized carbons (Fsp3) is 0.625. The number of aliphatic hydroxyl groups is 2. The van der Waals surface area contributed by atoms with E-state index in [1.165, 1.54) is 0 Å². The van der Waals surface area contributed by atoms with Gasteiger partial charge in [-0.05, 0) is 13.3 Å². The first-order valence-corrected chi connectivity index (χ1v) is 3.47. The van der Waals surface area contributed by atoms with Crippen molar-refractivity contribution in [1.29, 1.82) is 0 Å². The van der Waals surface area contributed by atoms with Gasteiger partial charge in [-0.2, -0.15) is 0 Å². The number of allylic oxidation sites excluding steroid dienone is 1. The summed E-state index contributed by atoms with van der Waals surface area (Å²) in [6.45, 7) is 5.39. The Kier molecular flexibility index (Phi) is 5.26. The van der Waals surface area contributed by atoms with E-state index < -0.39 is 6.10 Å². The maximum atomic E-state index is 9.17. The number of hydrogen-bond acceptors (Lipinski definition) is 2. The van der Waals surface area contributed by atoms with Crippen LogP contribution in [0.15, 0.2) is 12.2 Å². The second-order valence-electron chi connectivity index (χ2n) is 2.37. The summed E-state index contributed by atoms with van der Waals surface area (Å²) in [6.07, 6.45) is 3.59. The van der Waals surface area contributed by atoms with Gasteiger partial charge in [0.25, 0.3) is 0 Å². The largest absolute Gasteiger partial charge is 0.396 e. The van der Waals surface area contributed by atoms with Crippen LogP contribution in [-0.2, 0) is 0 Å². The van der Waals surface area contributed by atoms with Crippen molar-refractivity contribution in [3.63, 3.8) is 0 Å². The molecule has 0 heterocycles. The Morgan fingerprint density at radius 3 is 2.60 bits per heavy atom. The van der Waals surface area contributed by atoms with Crippen LogP contribution in [0.4, 0.5) is 0 Å². The second kappa shape index (κ2) is 5.45. The smallest absolute Gasteiger partial charge is 0.0768 e. The van der Waals surface area contributed by atoms with E-state index in [0.717, 1.165) is 0 Å². The first-order chi connectivity index (χ1) is 4.72. The van der Waals surface area contributed by atoms with Gasteiger partial charge >= 0.3 is 0 Å². The first-order valence-electron chi connectivity index (χ1n) is 3.47. The predicted molar refractivity (Wildman–Crippen MR) is 41.4 cm³/mol. The standard InChI is InChI=1S/C8H15O2/c1-3-4-5-8(10)7(2)6-9/h4-5,7-10H,1,3,6H2,2H3. The van der Waals surface area contributed by atoms with Crippen LogP contribution in [0.3, 0.4) is 0 Å². The van der Waals surface area contributed by atoms with Gasteiger partial charge in [-0.1, -0.05) is 19.1 Å². The van der Waals surface area contributed by atoms with Crippen LogP contribution in [0.25, 0.3) is 0 Å². The molecule has 0 fully saturated rings. The van der Waals surface area contributed by atoms with Crippen molar-refractivity contribution in [2.45, 2.75) is 19.4 Å². The molecule has 2 N–H and O–H groups in total. The minimum atomic E-state index is -0.535. The van der Waals surface area contributed by atoms with Crippen LogP contribution >= 0.6 is 0 Å². The topological polar surface area (TPSA) is 40.5 Å². The summed E-state index contributed by atoms with van der Waals surface area (Å²) < 4.78 is 0. The third-order valence-corrected chi connectivity index (χ3v) is 1.37. The molecule has 2 heteroatoms. The summed E-state index contributed by atoms with van der Waals surface area (Å²) in [7, 11) is 0. The molecule has 0 aromatic heterocycles. The Bertz CT molecular complexity index is 99.4. The number of rotatable bonds is 4. The molecule has 0 aliphatic heterocycles. The van der Waals surface area contributed by atoms with Crippen LogP contribution < -0.4 is 0 Å². The molecule has 1 radical (unpaired) electrons. The minimum absolute atomic E-state index is 0.0165. The fourth-order valence-electron chi connectivity index (χ4n) is 0.533. The summed E-state index contributed by atoms with van der Waals surface area (Å²) >= 11 is 0. The SMILES string of the molecule is [CH2]CC=CC(O)C(C)CO. The molecule has 2 nitrogen and oxygen atoms in total. The molecule has 0 amide bonds. The van der Waals surface area contributed by atoms with Crippen molar-refractivity contribution in [3.8, 4) is 0 Å². The maximum absolute atomic E-state index is 9.17. The van der Waals surface area contributed by atoms with E-state index in [1.54, 1.807) is 19.1 Å². The monoisotopic (exact) mass is 143 g/mol. The zero-order chi connectivity index (χ0) is 7.98. The third-order valence-electron chi connectivity index (χ3n) is 1.37. The summed E-state index contributed by atoms with van der Waals surface area (Å²) in [5.74, 6) is -0.0807. The van der Waals surface area contributed by atoms with E-state index in [1.807, 2.05) is 0 Å². The average Bonchev–Trinajstić information content (AvgIpc) is 1.98. The number of aliphatic hydroxyl groups excluding tert-OH is 2. The van der Waals surface area contributed by atoms with Gasteiger partial charge in [0.05, 0.1) is 6.10 Å². The average molecular weight is 143 g/mol. The van der Waals surface area contributed by atoms with Gasteiger partial charge in [-0.3, -0.25) is 0 Å². The zero-order valence-electron chi connectivity index (χ0n) is 6.33. The van der Waals surface area contributed by atoms with Crippen LogP contribution in [0.2, 0.25) is 0 Å². The van der Waals surface area contributed by atoms with Crippen molar-refractivity contribution in [2.75, 3.05) is 6.61 Å². The highest BCUT2D eigenvalue weighted by Gasteiger charge is 2.07. The second-order valence-corrected chi connectivity index (χ2v) is 2.37. The minimum Gasteiger partial charge on any atom is -0.396 e. The Balaban J connectivity index is 3.60. The third kappa shape index (κ3) is 3.64. The normalized spacial score (nSPS) is 17.6. The molecule has 0 aliphatic rings. The van der Waals surface area contributed by atoms with Crippen molar-refractivity contribution in [2.24, 2.45) is 5.92 Å². The lowest BCUT2D eigenvalue weighted by molar-refractivity contribution is 0.111. The van der Waals surface area contributed by atoms with E-state index >= 15 is 0 Å². The Hall–Kier alpha value is -0.340. The Labute approximate surface area is 62.2 Å². The lowest BCUT2D eigenvalue weighted by atomic mass is 10.1. The van der Waals surface area contributed by atoms with E-state index in [9.17, 15) is 5.11 Å². The van der Waals surface area contributed by atoms with Gasteiger partial charge in [-0.25, -0.2) is 0 Å². The highest BCUT2D eigenvalue weighted by Crippen LogP contribution is 2.02. The lowest BCUT2D eigenvalue weighted by Gasteiger charge is -2.11. The molecule has 0 aromatic carbocycles. The molecule has 0 bridgehead atoms. The van der Waals surface area contributed by atoms with Crippen LogP contribution in [0.5, 0.6) is 0 Å². The van der Waals surface area contributed by atoms with Crippen molar-refractivity contribution >= 4 is 0 Å². The van der Waals surface area contributed by atoms with Gasteiger partial charge in [0, 0.05) is 12.5 Å². The van der Waals surface area contributed by atoms with Crippen LogP contribution in [0, 0.1) is 12.8 Å². The van der Waals surface area contributed by atoms with Gasteiger partial charge in [0.1, 0.15) is 0 Å². The van der Waals surface area contributed by atoms with E-state index in [4.69, 9.17) is 5.11 Å². The maximum Gasteiger partial charge on any atom is 0.0768 e. The molecule has 0 aliphatic carbocycles. The van der Waals surface area contributed by atoms with Crippen LogP contribution in [0.1, 0.15) is 13.3 Å². The quantitative estimate of drug-likeness (QED) is 0.570. The Morgan fingerprint density at radius 1 is 1.60 bits per heavy atom. The van der Waals surface area contributed by atoms with Crippen LogP contribution in [-0.4, -0.2) is 22.9 Å². The highest BCUT2D eigenvalue weighted by molar-refractivity contribution is 4.91. The lowest BCUT2D eigenvalue weighted by Crippen LogP contribution is -2.17. The molecule has 10 heavy (non-hydrogen) atoms. The van der Waals surface area contributed by atoms with Crippen molar-refractivity contribution in [3.05, 3.63) is 19.1 Å². The molecule has 2 unspecified atom stereocenters. The van der Waals surface area contributed by atoms with Gasteiger partial charge in [-0.15, -0.1) is 0 Å². The van der Waals surface area contributed by atoms with E-state index in [-0.39, 0.29) is 12.5 Å². The summed E-state index contributed by atoms with van der Waals surface area (Å²) in [5, 5.41) is 17.8. The van der Waals surface area contributed by atoms with Crippen molar-refractivity contribution < 1.29 is 10.2 Å². The molecule has 2 atom stereocenters. The molecule has 0 spiro atoms. The molecule has 0 saturated carbocycles. The van der Waals surface area contributed by atoms with Gasteiger partial charge < -0.3 is 10.2 Å². The molecule has 0 saturated heterocycles. The molecule has 0 rings (SSSR count). The van der Waals surface area contributed by atoms with E-state index in [2.05, 4.69) is 6.92 Å². The molecule has 0 aromatic rings. The predicted octanol–water partition coefficient (Wildman–Crippen LogP) is 0.756. The fourth-order valence-corrected chi connectivity index (χ4v) is 0.533. The summed E-state index contributed by atoms with van der Waals surface area (Å²) in [5.41, 5.74) is 0. The molecule has 59 valence electrons. The first kappa shape index (κ1) is 9.66. The Morgan fingerprint density at radius 2 is 2.20 bits per heavy atom. The van der Waals surface area contributed by atoms with Gasteiger partial charge in [0.2, 0.25) is 0 Å². The zero-order valence-corrected chi connectivity index (χ0v) is 6.33. The molecular weight excluding hydrogens is 128 g/mol. The highest BCUT2D eigenvalue weighted by atomic mass is 16.3. The number of hydrogen-bond donors (Lipinski definition) is 2. The summed E-state index contributed by atoms with van der Waals surface area (Å²) in [4.78, 5) is 0. The van der Waals surface area contributed by atoms with E-state index in [0.29, 0.717) is 6.42 Å².